The van der Waals surface area contributed by atoms with Crippen LogP contribution in [0.2, 0.25) is 5.02 Å². The number of sulfonamides is 1. The maximum absolute atomic E-state index is 12.2. The van der Waals surface area contributed by atoms with Gasteiger partial charge in [-0.3, -0.25) is 0 Å². The van der Waals surface area contributed by atoms with Crippen LogP contribution in [0.4, 0.5) is 0 Å². The number of halogens is 2. The van der Waals surface area contributed by atoms with Crippen LogP contribution in [-0.2, 0) is 10.0 Å². The van der Waals surface area contributed by atoms with Gasteiger partial charge in [-0.2, -0.15) is 4.31 Å². The van der Waals surface area contributed by atoms with E-state index < -0.39 is 10.0 Å². The summed E-state index contributed by atoms with van der Waals surface area (Å²) in [6.45, 7) is 2.67. The summed E-state index contributed by atoms with van der Waals surface area (Å²) in [6, 6.07) is 6.48. The van der Waals surface area contributed by atoms with Crippen molar-refractivity contribution in [3.63, 3.8) is 0 Å². The van der Waals surface area contributed by atoms with Crippen molar-refractivity contribution >= 4 is 37.6 Å². The molecule has 0 bridgehead atoms. The zero-order valence-electron chi connectivity index (χ0n) is 8.86. The second kappa shape index (κ2) is 6.00. The van der Waals surface area contributed by atoms with Crippen molar-refractivity contribution in [2.24, 2.45) is 0 Å². The molecule has 0 heterocycles. The molecule has 0 atom stereocenters. The van der Waals surface area contributed by atoms with E-state index in [0.29, 0.717) is 18.4 Å². The number of benzene rings is 1. The molecular formula is C10H13BrClNO2S. The van der Waals surface area contributed by atoms with Crippen molar-refractivity contribution < 1.29 is 8.42 Å². The van der Waals surface area contributed by atoms with E-state index in [1.54, 1.807) is 25.1 Å². The third-order valence-corrected chi connectivity index (χ3v) is 4.97. The lowest BCUT2D eigenvalue weighted by molar-refractivity contribution is 0.448. The predicted molar refractivity (Wildman–Crippen MR) is 69.7 cm³/mol. The molecule has 0 radical (unpaired) electrons. The van der Waals surface area contributed by atoms with Gasteiger partial charge in [0, 0.05) is 18.4 Å². The van der Waals surface area contributed by atoms with Crippen LogP contribution in [0.1, 0.15) is 6.92 Å². The first-order valence-corrected chi connectivity index (χ1v) is 7.78. The molecule has 0 saturated carbocycles. The van der Waals surface area contributed by atoms with Gasteiger partial charge in [-0.15, -0.1) is 0 Å². The Kier molecular flexibility index (Phi) is 5.24. The van der Waals surface area contributed by atoms with Crippen molar-refractivity contribution in [3.05, 3.63) is 29.3 Å². The normalized spacial score (nSPS) is 12.0. The predicted octanol–water partition coefficient (Wildman–Crippen LogP) is 2.75. The van der Waals surface area contributed by atoms with Gasteiger partial charge in [0.2, 0.25) is 10.0 Å². The number of rotatable bonds is 5. The average Bonchev–Trinajstić information content (AvgIpc) is 2.26. The first-order chi connectivity index (χ1) is 7.54. The van der Waals surface area contributed by atoms with Gasteiger partial charge in [0.1, 0.15) is 4.90 Å². The van der Waals surface area contributed by atoms with Gasteiger partial charge < -0.3 is 0 Å². The molecule has 0 saturated heterocycles. The minimum absolute atomic E-state index is 0.166. The molecule has 0 unspecified atom stereocenters. The van der Waals surface area contributed by atoms with Gasteiger partial charge in [-0.25, -0.2) is 8.42 Å². The van der Waals surface area contributed by atoms with Crippen LogP contribution in [0.3, 0.4) is 0 Å². The fourth-order valence-electron chi connectivity index (χ4n) is 1.34. The Hall–Kier alpha value is -0.100. The lowest BCUT2D eigenvalue weighted by atomic mass is 10.4. The summed E-state index contributed by atoms with van der Waals surface area (Å²) < 4.78 is 25.8. The van der Waals surface area contributed by atoms with Crippen LogP contribution in [0.5, 0.6) is 0 Å². The molecule has 1 rings (SSSR count). The third kappa shape index (κ3) is 2.97. The minimum atomic E-state index is -3.47. The van der Waals surface area contributed by atoms with E-state index in [-0.39, 0.29) is 9.92 Å². The van der Waals surface area contributed by atoms with Crippen LogP contribution in [0.25, 0.3) is 0 Å². The smallest absolute Gasteiger partial charge is 0.207 e. The summed E-state index contributed by atoms with van der Waals surface area (Å²) >= 11 is 9.13. The van der Waals surface area contributed by atoms with Crippen LogP contribution < -0.4 is 0 Å². The molecule has 0 aromatic heterocycles. The molecule has 1 aromatic carbocycles. The van der Waals surface area contributed by atoms with Gasteiger partial charge >= 0.3 is 0 Å². The average molecular weight is 327 g/mol. The number of nitrogens with zero attached hydrogens (tertiary/aromatic N) is 1. The van der Waals surface area contributed by atoms with Crippen LogP contribution in [-0.4, -0.2) is 31.1 Å². The maximum Gasteiger partial charge on any atom is 0.244 e. The molecule has 0 N–H and O–H groups in total. The fourth-order valence-corrected chi connectivity index (χ4v) is 3.94. The second-order valence-corrected chi connectivity index (χ2v) is 6.22. The lowest BCUT2D eigenvalue weighted by Crippen LogP contribution is -2.32. The molecule has 6 heteroatoms. The Morgan fingerprint density at radius 3 is 2.50 bits per heavy atom. The zero-order valence-corrected chi connectivity index (χ0v) is 12.0. The van der Waals surface area contributed by atoms with Gasteiger partial charge in [0.15, 0.2) is 0 Å². The van der Waals surface area contributed by atoms with Crippen LogP contribution >= 0.6 is 27.5 Å². The van der Waals surface area contributed by atoms with Crippen molar-refractivity contribution in [2.45, 2.75) is 11.8 Å². The topological polar surface area (TPSA) is 37.4 Å². The van der Waals surface area contributed by atoms with E-state index in [2.05, 4.69) is 15.9 Å². The van der Waals surface area contributed by atoms with Crippen molar-refractivity contribution in [1.29, 1.82) is 0 Å². The molecule has 90 valence electrons. The van der Waals surface area contributed by atoms with E-state index in [9.17, 15) is 8.42 Å². The maximum atomic E-state index is 12.2. The molecule has 0 spiro atoms. The summed E-state index contributed by atoms with van der Waals surface area (Å²) in [6.07, 6.45) is 0. The largest absolute Gasteiger partial charge is 0.244 e. The quantitative estimate of drug-likeness (QED) is 0.780. The zero-order chi connectivity index (χ0) is 12.2. The monoisotopic (exact) mass is 325 g/mol. The highest BCUT2D eigenvalue weighted by Gasteiger charge is 2.24. The summed E-state index contributed by atoms with van der Waals surface area (Å²) in [4.78, 5) is 0.166. The molecule has 0 aliphatic rings. The Balaban J connectivity index is 3.15. The summed E-state index contributed by atoms with van der Waals surface area (Å²) in [5, 5.41) is 0.861. The first-order valence-electron chi connectivity index (χ1n) is 4.84. The molecule has 3 nitrogen and oxygen atoms in total. The molecule has 1 aromatic rings. The SMILES string of the molecule is CCN(CCBr)S(=O)(=O)c1ccccc1Cl. The molecule has 0 aliphatic carbocycles. The van der Waals surface area contributed by atoms with Gasteiger partial charge in [0.25, 0.3) is 0 Å². The van der Waals surface area contributed by atoms with Crippen LogP contribution in [0.15, 0.2) is 29.2 Å². The Morgan fingerprint density at radius 1 is 1.38 bits per heavy atom. The van der Waals surface area contributed by atoms with Gasteiger partial charge in [-0.1, -0.05) is 46.6 Å². The number of hydrogen-bond donors (Lipinski definition) is 0. The minimum Gasteiger partial charge on any atom is -0.207 e. The fraction of sp³-hybridized carbons (Fsp3) is 0.400. The summed E-state index contributed by atoms with van der Waals surface area (Å²) in [7, 11) is -3.47. The Morgan fingerprint density at radius 2 is 2.00 bits per heavy atom. The van der Waals surface area contributed by atoms with Crippen molar-refractivity contribution in [1.82, 2.24) is 4.31 Å². The number of hydrogen-bond acceptors (Lipinski definition) is 2. The van der Waals surface area contributed by atoms with E-state index in [1.807, 2.05) is 0 Å². The highest BCUT2D eigenvalue weighted by Crippen LogP contribution is 2.23. The Labute approximate surface area is 110 Å². The molecule has 0 fully saturated rings. The number of alkyl halides is 1. The van der Waals surface area contributed by atoms with E-state index >= 15 is 0 Å². The lowest BCUT2D eigenvalue weighted by Gasteiger charge is -2.19. The molecule has 0 amide bonds. The van der Waals surface area contributed by atoms with Gasteiger partial charge in [-0.05, 0) is 12.1 Å². The van der Waals surface area contributed by atoms with Gasteiger partial charge in [0.05, 0.1) is 5.02 Å². The molecule has 16 heavy (non-hydrogen) atoms. The first kappa shape index (κ1) is 14.0. The highest BCUT2D eigenvalue weighted by molar-refractivity contribution is 9.09. The highest BCUT2D eigenvalue weighted by atomic mass is 79.9. The van der Waals surface area contributed by atoms with Crippen LogP contribution in [0, 0.1) is 0 Å². The van der Waals surface area contributed by atoms with E-state index in [4.69, 9.17) is 11.6 Å². The Bertz CT molecular complexity index is 450. The molecule has 0 aliphatic heterocycles. The standard InChI is InChI=1S/C10H13BrClNO2S/c1-2-13(8-7-11)16(14,15)10-6-4-3-5-9(10)12/h3-6H,2,7-8H2,1H3. The summed E-state index contributed by atoms with van der Waals surface area (Å²) in [5.74, 6) is 0. The molecular weight excluding hydrogens is 314 g/mol. The van der Waals surface area contributed by atoms with E-state index in [0.717, 1.165) is 0 Å². The van der Waals surface area contributed by atoms with E-state index in [1.165, 1.54) is 10.4 Å². The van der Waals surface area contributed by atoms with Crippen molar-refractivity contribution in [3.8, 4) is 0 Å². The second-order valence-electron chi connectivity index (χ2n) is 3.12. The summed E-state index contributed by atoms with van der Waals surface area (Å²) in [5.41, 5.74) is 0. The van der Waals surface area contributed by atoms with Crippen molar-refractivity contribution in [2.75, 3.05) is 18.4 Å². The third-order valence-electron chi connectivity index (χ3n) is 2.14.